The highest BCUT2D eigenvalue weighted by atomic mass is 16.5. The van der Waals surface area contributed by atoms with E-state index >= 15 is 0 Å². The van der Waals surface area contributed by atoms with Crippen LogP contribution in [0.4, 0.5) is 0 Å². The van der Waals surface area contributed by atoms with Crippen LogP contribution in [-0.2, 0) is 11.2 Å². The lowest BCUT2D eigenvalue weighted by Crippen LogP contribution is -2.45. The van der Waals surface area contributed by atoms with Crippen LogP contribution in [0.2, 0.25) is 0 Å². The third kappa shape index (κ3) is 2.85. The third-order valence-electron chi connectivity index (χ3n) is 4.79. The number of nitrogens with one attached hydrogen (secondary N) is 1. The standard InChI is InChI=1S/C17H25NO/c1-19-17-12-5-4-10-16(17)18-15-11-6-8-13-7-2-3-9-14(13)15/h2-3,7,9,15-18H,4-6,8,10-12H2,1H3/t15-,16+,17+/m0/s1. The topological polar surface area (TPSA) is 21.3 Å². The van der Waals surface area contributed by atoms with Crippen LogP contribution >= 0.6 is 0 Å². The molecule has 0 aromatic heterocycles. The van der Waals surface area contributed by atoms with Crippen LogP contribution in [0.15, 0.2) is 24.3 Å². The van der Waals surface area contributed by atoms with Gasteiger partial charge < -0.3 is 10.1 Å². The molecule has 0 bridgehead atoms. The summed E-state index contributed by atoms with van der Waals surface area (Å²) < 4.78 is 5.67. The van der Waals surface area contributed by atoms with E-state index in [1.807, 2.05) is 7.11 Å². The minimum atomic E-state index is 0.405. The van der Waals surface area contributed by atoms with Gasteiger partial charge in [0.25, 0.3) is 0 Å². The minimum Gasteiger partial charge on any atom is -0.380 e. The van der Waals surface area contributed by atoms with E-state index in [0.717, 1.165) is 0 Å². The van der Waals surface area contributed by atoms with Crippen LogP contribution < -0.4 is 5.32 Å². The first kappa shape index (κ1) is 13.1. The van der Waals surface area contributed by atoms with Crippen molar-refractivity contribution in [2.75, 3.05) is 7.11 Å². The van der Waals surface area contributed by atoms with Crippen molar-refractivity contribution in [1.82, 2.24) is 5.32 Å². The first-order valence-electron chi connectivity index (χ1n) is 7.75. The van der Waals surface area contributed by atoms with E-state index in [1.165, 1.54) is 56.1 Å². The molecule has 1 N–H and O–H groups in total. The summed E-state index contributed by atoms with van der Waals surface area (Å²) in [6, 6.07) is 10.0. The maximum Gasteiger partial charge on any atom is 0.0724 e. The van der Waals surface area contributed by atoms with Crippen molar-refractivity contribution in [3.8, 4) is 0 Å². The highest BCUT2D eigenvalue weighted by Gasteiger charge is 2.29. The molecule has 1 aromatic carbocycles. The molecule has 2 heteroatoms. The number of hydrogen-bond donors (Lipinski definition) is 1. The average molecular weight is 259 g/mol. The van der Waals surface area contributed by atoms with E-state index in [-0.39, 0.29) is 0 Å². The lowest BCUT2D eigenvalue weighted by Gasteiger charge is -2.36. The van der Waals surface area contributed by atoms with Crippen molar-refractivity contribution in [1.29, 1.82) is 0 Å². The van der Waals surface area contributed by atoms with E-state index in [9.17, 15) is 0 Å². The molecule has 104 valence electrons. The van der Waals surface area contributed by atoms with Gasteiger partial charge in [0, 0.05) is 19.2 Å². The Morgan fingerprint density at radius 3 is 2.79 bits per heavy atom. The van der Waals surface area contributed by atoms with E-state index < -0.39 is 0 Å². The molecule has 0 spiro atoms. The summed E-state index contributed by atoms with van der Waals surface area (Å²) in [6.45, 7) is 0. The summed E-state index contributed by atoms with van der Waals surface area (Å²) in [7, 11) is 1.86. The Kier molecular flexibility index (Phi) is 4.19. The molecule has 0 unspecified atom stereocenters. The van der Waals surface area contributed by atoms with Gasteiger partial charge in [-0.05, 0) is 43.2 Å². The number of ether oxygens (including phenoxy) is 1. The molecule has 2 nitrogen and oxygen atoms in total. The van der Waals surface area contributed by atoms with Crippen molar-refractivity contribution >= 4 is 0 Å². The first-order valence-corrected chi connectivity index (χ1v) is 7.75. The Morgan fingerprint density at radius 2 is 1.89 bits per heavy atom. The molecule has 1 aromatic rings. The van der Waals surface area contributed by atoms with Crippen molar-refractivity contribution in [2.45, 2.75) is 63.1 Å². The fraction of sp³-hybridized carbons (Fsp3) is 0.647. The second kappa shape index (κ2) is 6.06. The van der Waals surface area contributed by atoms with E-state index in [0.29, 0.717) is 18.2 Å². The molecule has 19 heavy (non-hydrogen) atoms. The molecule has 3 atom stereocenters. The first-order chi connectivity index (χ1) is 9.38. The van der Waals surface area contributed by atoms with Gasteiger partial charge >= 0.3 is 0 Å². The molecule has 1 saturated carbocycles. The highest BCUT2D eigenvalue weighted by molar-refractivity contribution is 5.32. The molecule has 0 aliphatic heterocycles. The van der Waals surface area contributed by atoms with Gasteiger partial charge in [-0.25, -0.2) is 0 Å². The molecule has 0 heterocycles. The van der Waals surface area contributed by atoms with Gasteiger partial charge in [-0.1, -0.05) is 37.1 Å². The summed E-state index contributed by atoms with van der Waals surface area (Å²) in [5.41, 5.74) is 3.06. The Labute approximate surface area is 116 Å². The predicted molar refractivity (Wildman–Crippen MR) is 78.3 cm³/mol. The normalized spacial score (nSPS) is 30.9. The minimum absolute atomic E-state index is 0.405. The van der Waals surface area contributed by atoms with Crippen molar-refractivity contribution in [3.05, 3.63) is 35.4 Å². The van der Waals surface area contributed by atoms with Gasteiger partial charge in [0.15, 0.2) is 0 Å². The highest BCUT2D eigenvalue weighted by Crippen LogP contribution is 2.32. The van der Waals surface area contributed by atoms with Gasteiger partial charge in [-0.3, -0.25) is 0 Å². The Hall–Kier alpha value is -0.860. The number of rotatable bonds is 3. The van der Waals surface area contributed by atoms with Crippen molar-refractivity contribution in [3.63, 3.8) is 0 Å². The summed E-state index contributed by atoms with van der Waals surface area (Å²) in [6.07, 6.45) is 9.35. The molecule has 1 fully saturated rings. The van der Waals surface area contributed by atoms with Gasteiger partial charge in [0.2, 0.25) is 0 Å². The van der Waals surface area contributed by atoms with E-state index in [2.05, 4.69) is 29.6 Å². The lowest BCUT2D eigenvalue weighted by atomic mass is 9.85. The van der Waals surface area contributed by atoms with Gasteiger partial charge in [0.1, 0.15) is 0 Å². The molecule has 3 rings (SSSR count). The molecule has 0 amide bonds. The molecule has 0 radical (unpaired) electrons. The monoisotopic (exact) mass is 259 g/mol. The fourth-order valence-corrected chi connectivity index (χ4v) is 3.76. The van der Waals surface area contributed by atoms with Crippen LogP contribution in [-0.4, -0.2) is 19.3 Å². The summed E-state index contributed by atoms with van der Waals surface area (Å²) in [4.78, 5) is 0. The zero-order chi connectivity index (χ0) is 13.1. The Morgan fingerprint density at radius 1 is 1.05 bits per heavy atom. The Balaban J connectivity index is 1.73. The second-order valence-corrected chi connectivity index (χ2v) is 5.98. The number of hydrogen-bond acceptors (Lipinski definition) is 2. The smallest absolute Gasteiger partial charge is 0.0724 e. The SMILES string of the molecule is CO[C@@H]1CCCC[C@H]1N[C@H]1CCCc2ccccc21. The fourth-order valence-electron chi connectivity index (χ4n) is 3.76. The van der Waals surface area contributed by atoms with Crippen molar-refractivity contribution < 1.29 is 4.74 Å². The zero-order valence-corrected chi connectivity index (χ0v) is 11.9. The molecular formula is C17H25NO. The Bertz CT molecular complexity index is 417. The van der Waals surface area contributed by atoms with Gasteiger partial charge in [-0.15, -0.1) is 0 Å². The molecule has 0 saturated heterocycles. The van der Waals surface area contributed by atoms with Crippen LogP contribution in [0.3, 0.4) is 0 Å². The number of fused-ring (bicyclic) bond motifs is 1. The lowest BCUT2D eigenvalue weighted by molar-refractivity contribution is 0.0368. The van der Waals surface area contributed by atoms with E-state index in [1.54, 1.807) is 0 Å². The summed E-state index contributed by atoms with van der Waals surface area (Å²) >= 11 is 0. The predicted octanol–water partition coefficient (Wildman–Crippen LogP) is 3.61. The molecule has 2 aliphatic rings. The number of methoxy groups -OCH3 is 1. The average Bonchev–Trinajstić information content (AvgIpc) is 2.48. The molecule has 2 aliphatic carbocycles. The third-order valence-corrected chi connectivity index (χ3v) is 4.79. The maximum atomic E-state index is 5.67. The van der Waals surface area contributed by atoms with Crippen LogP contribution in [0.1, 0.15) is 55.7 Å². The second-order valence-electron chi connectivity index (χ2n) is 5.98. The summed E-state index contributed by atoms with van der Waals surface area (Å²) in [5, 5.41) is 3.89. The van der Waals surface area contributed by atoms with Gasteiger partial charge in [0.05, 0.1) is 6.10 Å². The zero-order valence-electron chi connectivity index (χ0n) is 11.9. The number of benzene rings is 1. The van der Waals surface area contributed by atoms with Crippen molar-refractivity contribution in [2.24, 2.45) is 0 Å². The largest absolute Gasteiger partial charge is 0.380 e. The van der Waals surface area contributed by atoms with Crippen LogP contribution in [0, 0.1) is 0 Å². The van der Waals surface area contributed by atoms with Crippen LogP contribution in [0.25, 0.3) is 0 Å². The van der Waals surface area contributed by atoms with Crippen LogP contribution in [0.5, 0.6) is 0 Å². The summed E-state index contributed by atoms with van der Waals surface area (Å²) in [5.74, 6) is 0. The van der Waals surface area contributed by atoms with Gasteiger partial charge in [-0.2, -0.15) is 0 Å². The molecular weight excluding hydrogens is 234 g/mol. The number of aryl methyl sites for hydroxylation is 1. The maximum absolute atomic E-state index is 5.67. The quantitative estimate of drug-likeness (QED) is 0.895. The van der Waals surface area contributed by atoms with E-state index in [4.69, 9.17) is 4.74 Å².